The van der Waals surface area contributed by atoms with Gasteiger partial charge in [-0.05, 0) is 24.3 Å². The van der Waals surface area contributed by atoms with Crippen LogP contribution in [0, 0.1) is 10.1 Å². The first-order valence-electron chi connectivity index (χ1n) is 8.75. The van der Waals surface area contributed by atoms with E-state index in [1.54, 1.807) is 12.1 Å². The number of carbonyl (C=O) groups excluding carboxylic acids is 1. The predicted molar refractivity (Wildman–Crippen MR) is 108 cm³/mol. The van der Waals surface area contributed by atoms with Crippen LogP contribution in [0.4, 0.5) is 11.4 Å². The number of carbonyl (C=O) groups is 1. The second kappa shape index (κ2) is 9.34. The molecule has 3 rings (SSSR count). The summed E-state index contributed by atoms with van der Waals surface area (Å²) in [4.78, 5) is 22.5. The van der Waals surface area contributed by atoms with Gasteiger partial charge in [-0.2, -0.15) is 0 Å². The van der Waals surface area contributed by atoms with E-state index in [4.69, 9.17) is 9.47 Å². The van der Waals surface area contributed by atoms with Crippen molar-refractivity contribution in [1.29, 1.82) is 0 Å². The molecule has 29 heavy (non-hydrogen) atoms. The average molecular weight is 393 g/mol. The summed E-state index contributed by atoms with van der Waals surface area (Å²) in [6.45, 7) is 0.436. The van der Waals surface area contributed by atoms with Gasteiger partial charge in [0, 0.05) is 29.9 Å². The minimum atomic E-state index is -0.718. The quantitative estimate of drug-likeness (QED) is 0.334. The minimum Gasteiger partial charge on any atom is -0.465 e. The van der Waals surface area contributed by atoms with Gasteiger partial charge in [-0.1, -0.05) is 36.4 Å². The van der Waals surface area contributed by atoms with Crippen LogP contribution in [0.25, 0.3) is 0 Å². The summed E-state index contributed by atoms with van der Waals surface area (Å²) in [5.41, 5.74) is 7.69. The van der Waals surface area contributed by atoms with Crippen molar-refractivity contribution in [2.75, 3.05) is 12.5 Å². The zero-order valence-corrected chi connectivity index (χ0v) is 15.6. The third-order valence-electron chi connectivity index (χ3n) is 4.06. The molecular formula is C21H19N3O5. The summed E-state index contributed by atoms with van der Waals surface area (Å²) < 4.78 is 10.6. The highest BCUT2D eigenvalue weighted by Gasteiger charge is 2.19. The van der Waals surface area contributed by atoms with Crippen molar-refractivity contribution in [3.8, 4) is 11.5 Å². The maximum absolute atomic E-state index is 12.1. The number of hydrogen-bond acceptors (Lipinski definition) is 7. The molecule has 0 spiro atoms. The van der Waals surface area contributed by atoms with Gasteiger partial charge < -0.3 is 14.9 Å². The van der Waals surface area contributed by atoms with E-state index < -0.39 is 10.9 Å². The van der Waals surface area contributed by atoms with Crippen molar-refractivity contribution in [2.45, 2.75) is 6.54 Å². The van der Waals surface area contributed by atoms with Crippen LogP contribution in [0.1, 0.15) is 15.9 Å². The Morgan fingerprint density at radius 2 is 1.72 bits per heavy atom. The van der Waals surface area contributed by atoms with E-state index in [-0.39, 0.29) is 17.0 Å². The Balaban J connectivity index is 1.80. The van der Waals surface area contributed by atoms with E-state index in [1.165, 1.54) is 19.2 Å². The van der Waals surface area contributed by atoms with E-state index in [0.29, 0.717) is 12.3 Å². The molecule has 0 saturated carbocycles. The van der Waals surface area contributed by atoms with E-state index >= 15 is 0 Å². The fourth-order valence-electron chi connectivity index (χ4n) is 2.62. The van der Waals surface area contributed by atoms with Crippen LogP contribution in [-0.4, -0.2) is 18.0 Å². The van der Waals surface area contributed by atoms with Crippen molar-refractivity contribution in [3.63, 3.8) is 0 Å². The number of nitro groups is 1. The molecule has 0 heterocycles. The van der Waals surface area contributed by atoms with Gasteiger partial charge in [0.1, 0.15) is 17.1 Å². The van der Waals surface area contributed by atoms with Crippen molar-refractivity contribution in [3.05, 3.63) is 94.0 Å². The van der Waals surface area contributed by atoms with E-state index in [2.05, 4.69) is 10.9 Å². The van der Waals surface area contributed by atoms with Gasteiger partial charge in [-0.25, -0.2) is 10.2 Å². The number of benzene rings is 3. The highest BCUT2D eigenvalue weighted by Crippen LogP contribution is 2.31. The monoisotopic (exact) mass is 393 g/mol. The largest absolute Gasteiger partial charge is 0.465 e. The Morgan fingerprint density at radius 3 is 2.45 bits per heavy atom. The van der Waals surface area contributed by atoms with Crippen molar-refractivity contribution < 1.29 is 19.2 Å². The lowest BCUT2D eigenvalue weighted by Crippen LogP contribution is -2.21. The number of ether oxygens (including phenoxy) is 2. The lowest BCUT2D eigenvalue weighted by Gasteiger charge is -2.14. The average Bonchev–Trinajstić information content (AvgIpc) is 2.75. The number of methoxy groups -OCH3 is 1. The van der Waals surface area contributed by atoms with Crippen LogP contribution >= 0.6 is 0 Å². The molecule has 0 aromatic heterocycles. The summed E-state index contributed by atoms with van der Waals surface area (Å²) in [5.74, 6) is -0.0372. The van der Waals surface area contributed by atoms with Gasteiger partial charge >= 0.3 is 5.97 Å². The molecule has 0 unspecified atom stereocenters. The number of esters is 1. The van der Waals surface area contributed by atoms with Crippen LogP contribution in [-0.2, 0) is 11.3 Å². The molecule has 8 heteroatoms. The molecule has 0 saturated heterocycles. The van der Waals surface area contributed by atoms with Crippen molar-refractivity contribution in [1.82, 2.24) is 5.43 Å². The third kappa shape index (κ3) is 5.08. The number of non-ortho nitro benzene ring substituents is 1. The topological polar surface area (TPSA) is 103 Å². The Kier molecular flexibility index (Phi) is 6.39. The van der Waals surface area contributed by atoms with Crippen LogP contribution in [0.15, 0.2) is 72.8 Å². The maximum Gasteiger partial charge on any atom is 0.341 e. The van der Waals surface area contributed by atoms with Crippen molar-refractivity contribution >= 4 is 17.3 Å². The number of rotatable bonds is 8. The summed E-state index contributed by atoms with van der Waals surface area (Å²) >= 11 is 0. The van der Waals surface area contributed by atoms with Gasteiger partial charge in [0.05, 0.1) is 12.0 Å². The van der Waals surface area contributed by atoms with Crippen LogP contribution in [0.3, 0.4) is 0 Å². The predicted octanol–water partition coefficient (Wildman–Crippen LogP) is 4.29. The number of nitro benzene ring substituents is 1. The molecule has 3 aromatic carbocycles. The molecule has 0 atom stereocenters. The maximum atomic E-state index is 12.1. The molecular weight excluding hydrogens is 374 g/mol. The van der Waals surface area contributed by atoms with Crippen molar-refractivity contribution in [2.24, 2.45) is 0 Å². The van der Waals surface area contributed by atoms with Gasteiger partial charge in [0.2, 0.25) is 0 Å². The molecule has 3 aromatic rings. The number of para-hydroxylation sites is 2. The minimum absolute atomic E-state index is 0.0214. The zero-order valence-electron chi connectivity index (χ0n) is 15.6. The Labute approximate surface area is 167 Å². The fourth-order valence-corrected chi connectivity index (χ4v) is 2.62. The number of nitrogens with zero attached hydrogens (tertiary/aromatic N) is 1. The normalized spacial score (nSPS) is 10.2. The molecule has 8 nitrogen and oxygen atoms in total. The SMILES string of the molecule is COC(=O)c1cc([N+](=O)[O-])ccc1Oc1ccccc1CNNc1ccccc1. The summed E-state index contributed by atoms with van der Waals surface area (Å²) in [6, 6.07) is 20.7. The molecule has 0 bridgehead atoms. The molecule has 0 amide bonds. The van der Waals surface area contributed by atoms with Gasteiger partial charge in [-0.3, -0.25) is 10.1 Å². The van der Waals surface area contributed by atoms with Gasteiger partial charge in [-0.15, -0.1) is 0 Å². The lowest BCUT2D eigenvalue weighted by molar-refractivity contribution is -0.384. The molecule has 0 aliphatic rings. The third-order valence-corrected chi connectivity index (χ3v) is 4.06. The smallest absolute Gasteiger partial charge is 0.341 e. The van der Waals surface area contributed by atoms with E-state index in [9.17, 15) is 14.9 Å². The second-order valence-electron chi connectivity index (χ2n) is 5.98. The first kappa shape index (κ1) is 19.8. The first-order valence-corrected chi connectivity index (χ1v) is 8.75. The molecule has 0 aliphatic carbocycles. The fraction of sp³-hybridized carbons (Fsp3) is 0.0952. The van der Waals surface area contributed by atoms with E-state index in [0.717, 1.165) is 17.3 Å². The molecule has 0 aliphatic heterocycles. The van der Waals surface area contributed by atoms with Gasteiger partial charge in [0.15, 0.2) is 0 Å². The Hall–Kier alpha value is -3.91. The number of hydrogen-bond donors (Lipinski definition) is 2. The number of anilines is 1. The van der Waals surface area contributed by atoms with Crippen LogP contribution in [0.5, 0.6) is 11.5 Å². The van der Waals surface area contributed by atoms with Crippen LogP contribution < -0.4 is 15.6 Å². The zero-order chi connectivity index (χ0) is 20.6. The van der Waals surface area contributed by atoms with Crippen LogP contribution in [0.2, 0.25) is 0 Å². The van der Waals surface area contributed by atoms with Gasteiger partial charge in [0.25, 0.3) is 5.69 Å². The molecule has 0 radical (unpaired) electrons. The summed E-state index contributed by atoms with van der Waals surface area (Å²) in [6.07, 6.45) is 0. The Bertz CT molecular complexity index is 1010. The number of hydrazine groups is 1. The number of nitrogens with one attached hydrogen (secondary N) is 2. The lowest BCUT2D eigenvalue weighted by atomic mass is 10.1. The summed E-state index contributed by atoms with van der Waals surface area (Å²) in [7, 11) is 1.21. The first-order chi connectivity index (χ1) is 14.1. The molecule has 0 fully saturated rings. The standard InChI is InChI=1S/C21H19N3O5/c1-28-21(25)18-13-17(24(26)27)11-12-20(18)29-19-10-6-5-7-15(19)14-22-23-16-8-3-2-4-9-16/h2-13,22-23H,14H2,1H3. The highest BCUT2D eigenvalue weighted by molar-refractivity contribution is 5.93. The second-order valence-corrected chi connectivity index (χ2v) is 5.98. The molecule has 148 valence electrons. The molecule has 2 N–H and O–H groups in total. The van der Waals surface area contributed by atoms with E-state index in [1.807, 2.05) is 42.5 Å². The Morgan fingerprint density at radius 1 is 1.00 bits per heavy atom. The highest BCUT2D eigenvalue weighted by atomic mass is 16.6. The summed E-state index contributed by atoms with van der Waals surface area (Å²) in [5, 5.41) is 11.0.